The molecule has 0 heterocycles. The first-order valence-electron chi connectivity index (χ1n) is 3.85. The second kappa shape index (κ2) is 4.32. The Hall–Kier alpha value is -0.520. The van der Waals surface area contributed by atoms with E-state index in [1.54, 1.807) is 0 Å². The number of hydrogen-bond donors (Lipinski definition) is 0. The fraction of sp³-hybridized carbons (Fsp3) is 0.600. The molecule has 0 saturated carbocycles. The quantitative estimate of drug-likeness (QED) is 0.512. The van der Waals surface area contributed by atoms with Gasteiger partial charge in [-0.1, -0.05) is 37.1 Å². The highest BCUT2D eigenvalue weighted by atomic mass is 13.9. The summed E-state index contributed by atoms with van der Waals surface area (Å²) in [7, 11) is 0. The van der Waals surface area contributed by atoms with Gasteiger partial charge in [-0.15, -0.1) is 0 Å². The highest BCUT2D eigenvalue weighted by molar-refractivity contribution is 5.19. The second-order valence-electron chi connectivity index (χ2n) is 3.38. The van der Waals surface area contributed by atoms with Crippen molar-refractivity contribution in [1.82, 2.24) is 0 Å². The minimum absolute atomic E-state index is 0.663. The van der Waals surface area contributed by atoms with Crippen molar-refractivity contribution in [3.05, 3.63) is 23.3 Å². The summed E-state index contributed by atoms with van der Waals surface area (Å²) in [4.78, 5) is 0. The predicted molar refractivity (Wildman–Crippen MR) is 48.0 cm³/mol. The van der Waals surface area contributed by atoms with Crippen LogP contribution in [-0.2, 0) is 0 Å². The molecule has 0 aromatic rings. The molecule has 0 amide bonds. The van der Waals surface area contributed by atoms with Gasteiger partial charge < -0.3 is 0 Å². The van der Waals surface area contributed by atoms with Crippen LogP contribution in [0.15, 0.2) is 23.3 Å². The number of allylic oxidation sites excluding steroid dienone is 4. The van der Waals surface area contributed by atoms with E-state index < -0.39 is 0 Å². The Morgan fingerprint density at radius 2 is 1.60 bits per heavy atom. The van der Waals surface area contributed by atoms with Crippen LogP contribution in [0, 0.1) is 5.92 Å². The minimum Gasteiger partial charge on any atom is -0.0790 e. The molecule has 0 aliphatic heterocycles. The van der Waals surface area contributed by atoms with Gasteiger partial charge >= 0.3 is 0 Å². The summed E-state index contributed by atoms with van der Waals surface area (Å²) in [6.07, 6.45) is 4.48. The maximum atomic E-state index is 2.27. The van der Waals surface area contributed by atoms with Crippen LogP contribution in [0.4, 0.5) is 0 Å². The number of hydrogen-bond acceptors (Lipinski definition) is 0. The standard InChI is InChI=1S/C10H18/c1-8(2)6-10(5)7-9(3)4/h6-8H,1-5H3. The Kier molecular flexibility index (Phi) is 4.10. The zero-order valence-electron chi connectivity index (χ0n) is 7.73. The summed E-state index contributed by atoms with van der Waals surface area (Å²) in [5.74, 6) is 0.663. The fourth-order valence-electron chi connectivity index (χ4n) is 1.03. The van der Waals surface area contributed by atoms with Gasteiger partial charge in [0.1, 0.15) is 0 Å². The van der Waals surface area contributed by atoms with Crippen molar-refractivity contribution in [3.63, 3.8) is 0 Å². The van der Waals surface area contributed by atoms with Crippen molar-refractivity contribution in [2.45, 2.75) is 34.6 Å². The van der Waals surface area contributed by atoms with E-state index in [2.05, 4.69) is 46.8 Å². The average Bonchev–Trinajstić information content (AvgIpc) is 1.58. The van der Waals surface area contributed by atoms with Crippen LogP contribution >= 0.6 is 0 Å². The highest BCUT2D eigenvalue weighted by Crippen LogP contribution is 2.05. The van der Waals surface area contributed by atoms with Crippen LogP contribution in [0.3, 0.4) is 0 Å². The molecule has 0 rings (SSSR count). The van der Waals surface area contributed by atoms with Crippen LogP contribution < -0.4 is 0 Å². The molecule has 0 aromatic heterocycles. The van der Waals surface area contributed by atoms with Crippen LogP contribution in [0.1, 0.15) is 34.6 Å². The molecule has 0 aliphatic rings. The van der Waals surface area contributed by atoms with Gasteiger partial charge in [-0.25, -0.2) is 0 Å². The Balaban J connectivity index is 4.08. The molecule has 0 nitrogen and oxygen atoms in total. The lowest BCUT2D eigenvalue weighted by Gasteiger charge is -1.97. The third kappa shape index (κ3) is 5.61. The molecule has 0 aliphatic carbocycles. The van der Waals surface area contributed by atoms with E-state index in [9.17, 15) is 0 Å². The minimum atomic E-state index is 0.663. The van der Waals surface area contributed by atoms with Crippen molar-refractivity contribution in [1.29, 1.82) is 0 Å². The normalized spacial score (nSPS) is 12.0. The third-order valence-electron chi connectivity index (χ3n) is 1.11. The molecule has 0 radical (unpaired) electrons. The van der Waals surface area contributed by atoms with Crippen molar-refractivity contribution >= 4 is 0 Å². The second-order valence-corrected chi connectivity index (χ2v) is 3.38. The van der Waals surface area contributed by atoms with Gasteiger partial charge in [0, 0.05) is 0 Å². The van der Waals surface area contributed by atoms with Crippen molar-refractivity contribution in [2.24, 2.45) is 5.92 Å². The summed E-state index contributed by atoms with van der Waals surface area (Å²) >= 11 is 0. The third-order valence-corrected chi connectivity index (χ3v) is 1.11. The molecular weight excluding hydrogens is 120 g/mol. The lowest BCUT2D eigenvalue weighted by atomic mass is 10.1. The van der Waals surface area contributed by atoms with E-state index in [0.29, 0.717) is 5.92 Å². The first kappa shape index (κ1) is 9.48. The van der Waals surface area contributed by atoms with Crippen LogP contribution in [0.2, 0.25) is 0 Å². The zero-order chi connectivity index (χ0) is 8.15. The molecule has 10 heavy (non-hydrogen) atoms. The number of rotatable bonds is 2. The molecule has 0 saturated heterocycles. The largest absolute Gasteiger partial charge is 0.0790 e. The molecule has 0 atom stereocenters. The van der Waals surface area contributed by atoms with Gasteiger partial charge in [-0.05, 0) is 26.7 Å². The molecule has 58 valence electrons. The van der Waals surface area contributed by atoms with Crippen molar-refractivity contribution in [3.8, 4) is 0 Å². The Morgan fingerprint density at radius 3 is 1.90 bits per heavy atom. The van der Waals surface area contributed by atoms with Crippen LogP contribution in [-0.4, -0.2) is 0 Å². The van der Waals surface area contributed by atoms with Crippen LogP contribution in [0.25, 0.3) is 0 Å². The maximum absolute atomic E-state index is 2.27. The van der Waals surface area contributed by atoms with Gasteiger partial charge in [-0.3, -0.25) is 0 Å². The first-order chi connectivity index (χ1) is 4.52. The molecule has 0 heteroatoms. The monoisotopic (exact) mass is 138 g/mol. The maximum Gasteiger partial charge on any atom is -0.0285 e. The summed E-state index contributed by atoms with van der Waals surface area (Å²) in [5.41, 5.74) is 2.74. The molecule has 0 aromatic carbocycles. The van der Waals surface area contributed by atoms with E-state index >= 15 is 0 Å². The average molecular weight is 138 g/mol. The lowest BCUT2D eigenvalue weighted by molar-refractivity contribution is 0.825. The molecule has 0 N–H and O–H groups in total. The van der Waals surface area contributed by atoms with Crippen molar-refractivity contribution in [2.75, 3.05) is 0 Å². The van der Waals surface area contributed by atoms with Gasteiger partial charge in [0.15, 0.2) is 0 Å². The fourth-order valence-corrected chi connectivity index (χ4v) is 1.03. The predicted octanol–water partition coefficient (Wildman–Crippen LogP) is 3.55. The van der Waals surface area contributed by atoms with E-state index in [4.69, 9.17) is 0 Å². The summed E-state index contributed by atoms with van der Waals surface area (Å²) in [6.45, 7) is 10.8. The summed E-state index contributed by atoms with van der Waals surface area (Å²) < 4.78 is 0. The summed E-state index contributed by atoms with van der Waals surface area (Å²) in [6, 6.07) is 0. The lowest BCUT2D eigenvalue weighted by Crippen LogP contribution is -1.80. The van der Waals surface area contributed by atoms with Crippen LogP contribution in [0.5, 0.6) is 0 Å². The van der Waals surface area contributed by atoms with Gasteiger partial charge in [0.05, 0.1) is 0 Å². The van der Waals surface area contributed by atoms with E-state index in [1.807, 2.05) is 0 Å². The molecule has 0 bridgehead atoms. The molecule has 0 fully saturated rings. The SMILES string of the molecule is CC(C)=CC(C)=CC(C)C. The Bertz CT molecular complexity index is 143. The van der Waals surface area contributed by atoms with Crippen molar-refractivity contribution < 1.29 is 0 Å². The molecule has 0 unspecified atom stereocenters. The van der Waals surface area contributed by atoms with Gasteiger partial charge in [0.2, 0.25) is 0 Å². The summed E-state index contributed by atoms with van der Waals surface area (Å²) in [5, 5.41) is 0. The Morgan fingerprint density at radius 1 is 1.10 bits per heavy atom. The smallest absolute Gasteiger partial charge is 0.0285 e. The Labute approximate surface area is 64.6 Å². The zero-order valence-corrected chi connectivity index (χ0v) is 7.73. The van der Waals surface area contributed by atoms with Gasteiger partial charge in [0.25, 0.3) is 0 Å². The molecular formula is C10H18. The first-order valence-corrected chi connectivity index (χ1v) is 3.85. The van der Waals surface area contributed by atoms with E-state index in [-0.39, 0.29) is 0 Å². The van der Waals surface area contributed by atoms with E-state index in [1.165, 1.54) is 11.1 Å². The highest BCUT2D eigenvalue weighted by Gasteiger charge is 1.87. The van der Waals surface area contributed by atoms with Gasteiger partial charge in [-0.2, -0.15) is 0 Å². The molecule has 0 spiro atoms. The topological polar surface area (TPSA) is 0 Å². The van der Waals surface area contributed by atoms with E-state index in [0.717, 1.165) is 0 Å².